The predicted molar refractivity (Wildman–Crippen MR) is 80.1 cm³/mol. The third-order valence-electron chi connectivity index (χ3n) is 3.29. The molecule has 5 heteroatoms. The molecule has 20 heavy (non-hydrogen) atoms. The van der Waals surface area contributed by atoms with Gasteiger partial charge in [-0.15, -0.1) is 0 Å². The second-order valence-corrected chi connectivity index (χ2v) is 5.47. The summed E-state index contributed by atoms with van der Waals surface area (Å²) in [6, 6.07) is 4.99. The highest BCUT2D eigenvalue weighted by Gasteiger charge is 2.23. The van der Waals surface area contributed by atoms with Gasteiger partial charge in [0.2, 0.25) is 0 Å². The van der Waals surface area contributed by atoms with E-state index in [0.29, 0.717) is 30.2 Å². The minimum Gasteiger partial charge on any atom is -0.491 e. The predicted octanol–water partition coefficient (Wildman–Crippen LogP) is 2.16. The summed E-state index contributed by atoms with van der Waals surface area (Å²) in [7, 11) is 3.97. The molecule has 2 N–H and O–H groups in total. The highest BCUT2D eigenvalue weighted by Crippen LogP contribution is 2.24. The average molecular weight is 280 g/mol. The Morgan fingerprint density at radius 3 is 2.55 bits per heavy atom. The number of hydrogen-bond acceptors (Lipinski definition) is 5. The van der Waals surface area contributed by atoms with Crippen LogP contribution in [0.25, 0.3) is 0 Å². The Labute approximate surface area is 120 Å². The van der Waals surface area contributed by atoms with E-state index in [4.69, 9.17) is 15.2 Å². The van der Waals surface area contributed by atoms with E-state index in [0.717, 1.165) is 0 Å². The standard InChI is InChI=1S/C15H24N2O3/c1-6-19-14(18)12-9-11(16)7-8-13(12)20-10-15(2,3)17(4)5/h7-9H,6,10,16H2,1-5H3. The van der Waals surface area contributed by atoms with E-state index in [1.807, 2.05) is 14.1 Å². The summed E-state index contributed by atoms with van der Waals surface area (Å²) in [4.78, 5) is 14.0. The molecule has 0 atom stereocenters. The number of rotatable bonds is 6. The van der Waals surface area contributed by atoms with Crippen LogP contribution in [0.5, 0.6) is 5.75 Å². The Morgan fingerprint density at radius 1 is 1.35 bits per heavy atom. The first-order chi connectivity index (χ1) is 9.27. The summed E-state index contributed by atoms with van der Waals surface area (Å²) in [6.07, 6.45) is 0. The van der Waals surface area contributed by atoms with Crippen molar-refractivity contribution < 1.29 is 14.3 Å². The number of esters is 1. The van der Waals surface area contributed by atoms with Crippen molar-refractivity contribution in [2.45, 2.75) is 26.3 Å². The van der Waals surface area contributed by atoms with E-state index in [-0.39, 0.29) is 5.54 Å². The van der Waals surface area contributed by atoms with Crippen molar-refractivity contribution in [2.75, 3.05) is 33.0 Å². The first kappa shape index (κ1) is 16.3. The molecule has 112 valence electrons. The summed E-state index contributed by atoms with van der Waals surface area (Å²) >= 11 is 0. The van der Waals surface area contributed by atoms with Crippen molar-refractivity contribution >= 4 is 11.7 Å². The fraction of sp³-hybridized carbons (Fsp3) is 0.533. The Bertz CT molecular complexity index is 470. The Hall–Kier alpha value is -1.75. The average Bonchev–Trinajstić information content (AvgIpc) is 2.37. The van der Waals surface area contributed by atoms with Crippen LogP contribution >= 0.6 is 0 Å². The monoisotopic (exact) mass is 280 g/mol. The minimum absolute atomic E-state index is 0.146. The maximum atomic E-state index is 11.9. The van der Waals surface area contributed by atoms with E-state index in [1.54, 1.807) is 25.1 Å². The number of likely N-dealkylation sites (N-methyl/N-ethyl adjacent to an activating group) is 1. The van der Waals surface area contributed by atoms with E-state index >= 15 is 0 Å². The first-order valence-electron chi connectivity index (χ1n) is 6.65. The van der Waals surface area contributed by atoms with Crippen LogP contribution in [-0.4, -0.2) is 43.7 Å². The molecule has 0 aliphatic rings. The molecule has 0 bridgehead atoms. The summed E-state index contributed by atoms with van der Waals surface area (Å²) in [5.74, 6) is 0.0741. The van der Waals surface area contributed by atoms with E-state index in [9.17, 15) is 4.79 Å². The van der Waals surface area contributed by atoms with Gasteiger partial charge in [0.05, 0.1) is 6.61 Å². The van der Waals surface area contributed by atoms with Crippen LogP contribution in [0.2, 0.25) is 0 Å². The first-order valence-corrected chi connectivity index (χ1v) is 6.65. The second kappa shape index (κ2) is 6.61. The van der Waals surface area contributed by atoms with Gasteiger partial charge in [-0.3, -0.25) is 0 Å². The van der Waals surface area contributed by atoms with Crippen LogP contribution in [0.15, 0.2) is 18.2 Å². The molecule has 0 saturated carbocycles. The van der Waals surface area contributed by atoms with Crippen LogP contribution in [0.1, 0.15) is 31.1 Å². The van der Waals surface area contributed by atoms with Crippen molar-refractivity contribution in [3.63, 3.8) is 0 Å². The van der Waals surface area contributed by atoms with Crippen molar-refractivity contribution in [1.29, 1.82) is 0 Å². The number of carbonyl (C=O) groups is 1. The van der Waals surface area contributed by atoms with Crippen molar-refractivity contribution in [2.24, 2.45) is 0 Å². The molecule has 0 amide bonds. The van der Waals surface area contributed by atoms with Gasteiger partial charge in [0, 0.05) is 11.2 Å². The number of nitrogens with zero attached hydrogens (tertiary/aromatic N) is 1. The van der Waals surface area contributed by atoms with Gasteiger partial charge >= 0.3 is 5.97 Å². The molecule has 0 heterocycles. The van der Waals surface area contributed by atoms with Crippen LogP contribution < -0.4 is 10.5 Å². The second-order valence-electron chi connectivity index (χ2n) is 5.47. The third kappa shape index (κ3) is 4.13. The molecule has 0 spiro atoms. The van der Waals surface area contributed by atoms with Gasteiger partial charge in [0.1, 0.15) is 17.9 Å². The van der Waals surface area contributed by atoms with Crippen molar-refractivity contribution in [3.8, 4) is 5.75 Å². The molecule has 5 nitrogen and oxygen atoms in total. The molecule has 1 aromatic rings. The molecule has 0 radical (unpaired) electrons. The maximum absolute atomic E-state index is 11.9. The largest absolute Gasteiger partial charge is 0.491 e. The highest BCUT2D eigenvalue weighted by molar-refractivity contribution is 5.93. The quantitative estimate of drug-likeness (QED) is 0.639. The van der Waals surface area contributed by atoms with Gasteiger partial charge in [-0.1, -0.05) is 0 Å². The zero-order chi connectivity index (χ0) is 15.3. The number of anilines is 1. The number of ether oxygens (including phenoxy) is 2. The molecular weight excluding hydrogens is 256 g/mol. The van der Waals surface area contributed by atoms with E-state index < -0.39 is 5.97 Å². The lowest BCUT2D eigenvalue weighted by Crippen LogP contribution is -2.43. The Morgan fingerprint density at radius 2 is 2.00 bits per heavy atom. The third-order valence-corrected chi connectivity index (χ3v) is 3.29. The Kier molecular flexibility index (Phi) is 5.39. The molecule has 0 unspecified atom stereocenters. The number of nitrogen functional groups attached to an aromatic ring is 1. The van der Waals surface area contributed by atoms with Gasteiger partial charge in [-0.05, 0) is 53.1 Å². The topological polar surface area (TPSA) is 64.8 Å². The highest BCUT2D eigenvalue weighted by atomic mass is 16.5. The Balaban J connectivity index is 2.92. The normalized spacial score (nSPS) is 11.5. The van der Waals surface area contributed by atoms with Gasteiger partial charge in [-0.25, -0.2) is 4.79 Å². The van der Waals surface area contributed by atoms with E-state index in [2.05, 4.69) is 18.7 Å². The van der Waals surface area contributed by atoms with Crippen molar-refractivity contribution in [3.05, 3.63) is 23.8 Å². The van der Waals surface area contributed by atoms with Crippen LogP contribution in [0, 0.1) is 0 Å². The van der Waals surface area contributed by atoms with Crippen LogP contribution in [0.4, 0.5) is 5.69 Å². The lowest BCUT2D eigenvalue weighted by molar-refractivity contribution is 0.0516. The maximum Gasteiger partial charge on any atom is 0.341 e. The number of benzene rings is 1. The molecule has 0 aliphatic heterocycles. The number of hydrogen-bond donors (Lipinski definition) is 1. The van der Waals surface area contributed by atoms with Gasteiger partial charge in [-0.2, -0.15) is 0 Å². The summed E-state index contributed by atoms with van der Waals surface area (Å²) in [6.45, 7) is 6.66. The van der Waals surface area contributed by atoms with Crippen LogP contribution in [-0.2, 0) is 4.74 Å². The lowest BCUT2D eigenvalue weighted by Gasteiger charge is -2.32. The van der Waals surface area contributed by atoms with Gasteiger partial charge < -0.3 is 20.1 Å². The lowest BCUT2D eigenvalue weighted by atomic mass is 10.1. The molecular formula is C15H24N2O3. The smallest absolute Gasteiger partial charge is 0.341 e. The summed E-state index contributed by atoms with van der Waals surface area (Å²) < 4.78 is 10.8. The van der Waals surface area contributed by atoms with Crippen molar-refractivity contribution in [1.82, 2.24) is 4.90 Å². The summed E-state index contributed by atoms with van der Waals surface area (Å²) in [5.41, 5.74) is 6.44. The minimum atomic E-state index is -0.419. The molecule has 0 saturated heterocycles. The van der Waals surface area contributed by atoms with E-state index in [1.165, 1.54) is 0 Å². The molecule has 0 aliphatic carbocycles. The SMILES string of the molecule is CCOC(=O)c1cc(N)ccc1OCC(C)(C)N(C)C. The summed E-state index contributed by atoms with van der Waals surface area (Å²) in [5, 5.41) is 0. The van der Waals surface area contributed by atoms with Gasteiger partial charge in [0.15, 0.2) is 0 Å². The fourth-order valence-electron chi connectivity index (χ4n) is 1.43. The molecule has 1 aromatic carbocycles. The van der Waals surface area contributed by atoms with Crippen LogP contribution in [0.3, 0.4) is 0 Å². The van der Waals surface area contributed by atoms with Gasteiger partial charge in [0.25, 0.3) is 0 Å². The zero-order valence-electron chi connectivity index (χ0n) is 12.9. The zero-order valence-corrected chi connectivity index (χ0v) is 12.9. The molecule has 0 aromatic heterocycles. The number of nitrogens with two attached hydrogens (primary N) is 1. The molecule has 1 rings (SSSR count). The molecule has 0 fully saturated rings. The number of carbonyl (C=O) groups excluding carboxylic acids is 1. The fourth-order valence-corrected chi connectivity index (χ4v) is 1.43.